The Morgan fingerprint density at radius 1 is 1.42 bits per heavy atom. The lowest BCUT2D eigenvalue weighted by Gasteiger charge is -2.24. The van der Waals surface area contributed by atoms with Gasteiger partial charge in [0, 0.05) is 31.2 Å². The van der Waals surface area contributed by atoms with Crippen LogP contribution in [0.15, 0.2) is 18.2 Å². The molecule has 104 valence electrons. The summed E-state index contributed by atoms with van der Waals surface area (Å²) in [5.41, 5.74) is 7.70. The number of aliphatic carboxylic acids is 1. The van der Waals surface area contributed by atoms with Gasteiger partial charge in [-0.05, 0) is 37.0 Å². The van der Waals surface area contributed by atoms with Crippen molar-refractivity contribution in [2.45, 2.75) is 31.7 Å². The summed E-state index contributed by atoms with van der Waals surface area (Å²) >= 11 is 0. The monoisotopic (exact) mass is 266 g/mol. The van der Waals surface area contributed by atoms with Crippen LogP contribution in [0.25, 0.3) is 0 Å². The largest absolute Gasteiger partial charge is 0.481 e. The molecule has 1 saturated heterocycles. The molecule has 0 saturated carbocycles. The molecule has 0 aliphatic carbocycles. The van der Waals surface area contributed by atoms with Crippen LogP contribution >= 0.6 is 0 Å². The zero-order chi connectivity index (χ0) is 13.8. The highest BCUT2D eigenvalue weighted by molar-refractivity contribution is 5.67. The summed E-state index contributed by atoms with van der Waals surface area (Å²) in [7, 11) is 0. The van der Waals surface area contributed by atoms with Gasteiger partial charge in [-0.1, -0.05) is 6.07 Å². The number of carboxylic acids is 1. The van der Waals surface area contributed by atoms with Crippen LogP contribution in [-0.4, -0.2) is 24.2 Å². The number of benzene rings is 1. The molecule has 5 heteroatoms. The van der Waals surface area contributed by atoms with Crippen molar-refractivity contribution in [3.63, 3.8) is 0 Å². The number of nitrogens with zero attached hydrogens (tertiary/aromatic N) is 1. The number of hydrogen-bond acceptors (Lipinski definition) is 3. The fourth-order valence-corrected chi connectivity index (χ4v) is 2.50. The van der Waals surface area contributed by atoms with Crippen molar-refractivity contribution in [2.24, 2.45) is 5.73 Å². The lowest BCUT2D eigenvalue weighted by molar-refractivity contribution is -0.137. The van der Waals surface area contributed by atoms with Crippen LogP contribution in [0.3, 0.4) is 0 Å². The van der Waals surface area contributed by atoms with Crippen molar-refractivity contribution in [3.05, 3.63) is 29.6 Å². The van der Waals surface area contributed by atoms with Crippen molar-refractivity contribution in [2.75, 3.05) is 18.0 Å². The standard InChI is InChI=1S/C14H19FN2O2/c15-10-3-4-11(12(16)5-6-14(18)19)13(9-10)17-7-1-2-8-17/h3-4,9,12H,1-2,5-8,16H2,(H,18,19). The first-order chi connectivity index (χ1) is 9.08. The average molecular weight is 266 g/mol. The molecule has 0 amide bonds. The number of hydrogen-bond donors (Lipinski definition) is 2. The molecular formula is C14H19FN2O2. The van der Waals surface area contributed by atoms with Crippen molar-refractivity contribution in [1.29, 1.82) is 0 Å². The Bertz CT molecular complexity index is 459. The van der Waals surface area contributed by atoms with E-state index in [1.54, 1.807) is 6.07 Å². The third kappa shape index (κ3) is 3.44. The molecule has 1 aromatic carbocycles. The van der Waals surface area contributed by atoms with E-state index >= 15 is 0 Å². The molecule has 1 heterocycles. The molecule has 1 atom stereocenters. The maximum atomic E-state index is 13.4. The van der Waals surface area contributed by atoms with Gasteiger partial charge >= 0.3 is 5.97 Å². The number of carboxylic acid groups (broad SMARTS) is 1. The number of rotatable bonds is 5. The Hall–Kier alpha value is -1.62. The minimum atomic E-state index is -0.861. The van der Waals surface area contributed by atoms with Crippen molar-refractivity contribution < 1.29 is 14.3 Å². The van der Waals surface area contributed by atoms with Gasteiger partial charge in [0.2, 0.25) is 0 Å². The van der Waals surface area contributed by atoms with Crippen molar-refractivity contribution in [1.82, 2.24) is 0 Å². The summed E-state index contributed by atoms with van der Waals surface area (Å²) in [5, 5.41) is 8.71. The third-order valence-corrected chi connectivity index (χ3v) is 3.51. The first kappa shape index (κ1) is 13.8. The Kier molecular flexibility index (Phi) is 4.37. The normalized spacial score (nSPS) is 16.6. The molecule has 1 aliphatic rings. The van der Waals surface area contributed by atoms with Crippen LogP contribution in [0.1, 0.15) is 37.3 Å². The van der Waals surface area contributed by atoms with Gasteiger partial charge in [0.05, 0.1) is 0 Å². The van der Waals surface area contributed by atoms with Crippen LogP contribution < -0.4 is 10.6 Å². The molecule has 0 radical (unpaired) electrons. The number of anilines is 1. The van der Waals surface area contributed by atoms with Gasteiger partial charge in [0.15, 0.2) is 0 Å². The highest BCUT2D eigenvalue weighted by Gasteiger charge is 2.20. The quantitative estimate of drug-likeness (QED) is 0.858. The molecule has 0 aromatic heterocycles. The molecule has 1 unspecified atom stereocenters. The first-order valence-electron chi connectivity index (χ1n) is 6.59. The molecule has 3 N–H and O–H groups in total. The zero-order valence-electron chi connectivity index (χ0n) is 10.8. The summed E-state index contributed by atoms with van der Waals surface area (Å²) in [6, 6.07) is 4.19. The lowest BCUT2D eigenvalue weighted by atomic mass is 10.00. The summed E-state index contributed by atoms with van der Waals surface area (Å²) in [6.07, 6.45) is 2.58. The zero-order valence-corrected chi connectivity index (χ0v) is 10.8. The fraction of sp³-hybridized carbons (Fsp3) is 0.500. The lowest BCUT2D eigenvalue weighted by Crippen LogP contribution is -2.22. The maximum Gasteiger partial charge on any atom is 0.303 e. The van der Waals surface area contributed by atoms with Gasteiger partial charge in [-0.25, -0.2) is 4.39 Å². The predicted molar refractivity (Wildman–Crippen MR) is 71.6 cm³/mol. The topological polar surface area (TPSA) is 66.6 Å². The van der Waals surface area contributed by atoms with Gasteiger partial charge in [-0.2, -0.15) is 0 Å². The highest BCUT2D eigenvalue weighted by Crippen LogP contribution is 2.30. The van der Waals surface area contributed by atoms with Crippen molar-refractivity contribution in [3.8, 4) is 0 Å². The summed E-state index contributed by atoms with van der Waals surface area (Å²) in [4.78, 5) is 12.7. The Morgan fingerprint density at radius 3 is 2.74 bits per heavy atom. The minimum absolute atomic E-state index is 0.0258. The smallest absolute Gasteiger partial charge is 0.303 e. The van der Waals surface area contributed by atoms with E-state index in [1.165, 1.54) is 12.1 Å². The van der Waals surface area contributed by atoms with Gasteiger partial charge in [-0.15, -0.1) is 0 Å². The van der Waals surface area contributed by atoms with Gasteiger partial charge in [0.25, 0.3) is 0 Å². The van der Waals surface area contributed by atoms with E-state index in [0.717, 1.165) is 37.2 Å². The molecule has 2 rings (SSSR count). The van der Waals surface area contributed by atoms with Gasteiger partial charge < -0.3 is 15.7 Å². The second-order valence-corrected chi connectivity index (χ2v) is 4.94. The average Bonchev–Trinajstić information content (AvgIpc) is 2.89. The SMILES string of the molecule is NC(CCC(=O)O)c1ccc(F)cc1N1CCCC1. The Labute approximate surface area is 112 Å². The van der Waals surface area contributed by atoms with E-state index in [1.807, 2.05) is 0 Å². The van der Waals surface area contributed by atoms with Gasteiger partial charge in [-0.3, -0.25) is 4.79 Å². The van der Waals surface area contributed by atoms with Crippen molar-refractivity contribution >= 4 is 11.7 Å². The van der Waals surface area contributed by atoms with E-state index in [0.29, 0.717) is 6.42 Å². The number of carbonyl (C=O) groups is 1. The molecule has 19 heavy (non-hydrogen) atoms. The third-order valence-electron chi connectivity index (χ3n) is 3.51. The van der Waals surface area contributed by atoms with Gasteiger partial charge in [0.1, 0.15) is 5.82 Å². The molecule has 1 aromatic rings. The maximum absolute atomic E-state index is 13.4. The van der Waals surface area contributed by atoms with E-state index in [4.69, 9.17) is 10.8 Å². The number of nitrogens with two attached hydrogens (primary N) is 1. The summed E-state index contributed by atoms with van der Waals surface area (Å²) in [5.74, 6) is -1.14. The summed E-state index contributed by atoms with van der Waals surface area (Å²) in [6.45, 7) is 1.81. The second-order valence-electron chi connectivity index (χ2n) is 4.94. The van der Waals surface area contributed by atoms with Crippen LogP contribution in [0.4, 0.5) is 10.1 Å². The van der Waals surface area contributed by atoms with E-state index < -0.39 is 5.97 Å². The second kappa shape index (κ2) is 6.02. The molecule has 4 nitrogen and oxygen atoms in total. The van der Waals surface area contributed by atoms with E-state index in [9.17, 15) is 9.18 Å². The Morgan fingerprint density at radius 2 is 2.11 bits per heavy atom. The molecule has 1 aliphatic heterocycles. The molecule has 0 spiro atoms. The fourth-order valence-electron chi connectivity index (χ4n) is 2.50. The van der Waals surface area contributed by atoms with Crippen LogP contribution in [-0.2, 0) is 4.79 Å². The molecule has 0 bridgehead atoms. The van der Waals surface area contributed by atoms with E-state index in [2.05, 4.69) is 4.90 Å². The predicted octanol–water partition coefficient (Wildman–Crippen LogP) is 2.29. The highest BCUT2D eigenvalue weighted by atomic mass is 19.1. The molecular weight excluding hydrogens is 247 g/mol. The Balaban J connectivity index is 2.20. The molecule has 1 fully saturated rings. The van der Waals surface area contributed by atoms with Crippen LogP contribution in [0.2, 0.25) is 0 Å². The van der Waals surface area contributed by atoms with Crippen LogP contribution in [0.5, 0.6) is 0 Å². The summed E-state index contributed by atoms with van der Waals surface area (Å²) < 4.78 is 13.4. The van der Waals surface area contributed by atoms with E-state index in [-0.39, 0.29) is 18.3 Å². The first-order valence-corrected chi connectivity index (χ1v) is 6.59. The van der Waals surface area contributed by atoms with Crippen LogP contribution in [0, 0.1) is 5.82 Å². The number of halogens is 1. The minimum Gasteiger partial charge on any atom is -0.481 e.